The Balaban J connectivity index is 1.30. The molecule has 1 fully saturated rings. The van der Waals surface area contributed by atoms with Crippen LogP contribution in [0.15, 0.2) is 53.1 Å². The standard InChI is InChI=1S/C22H22N4O3/c27-22(17-6-7-20(23-14-17)25-10-12-28-13-11-25)26-9-8-19-18(15-26)24-21(29-19)16-4-2-1-3-5-16/h1-7,14H,8-13,15H2. The van der Waals surface area contributed by atoms with Crippen LogP contribution in [0, 0.1) is 0 Å². The molecule has 0 atom stereocenters. The molecule has 0 bridgehead atoms. The molecule has 0 unspecified atom stereocenters. The van der Waals surface area contributed by atoms with Crippen molar-refractivity contribution in [3.8, 4) is 11.5 Å². The van der Waals surface area contributed by atoms with Crippen molar-refractivity contribution in [2.24, 2.45) is 0 Å². The summed E-state index contributed by atoms with van der Waals surface area (Å²) in [5, 5.41) is 0. The molecule has 0 N–H and O–H groups in total. The highest BCUT2D eigenvalue weighted by molar-refractivity contribution is 5.94. The number of oxazole rings is 1. The third kappa shape index (κ3) is 3.61. The van der Waals surface area contributed by atoms with Gasteiger partial charge in [0.25, 0.3) is 5.91 Å². The number of aromatic nitrogens is 2. The van der Waals surface area contributed by atoms with Crippen molar-refractivity contribution in [1.82, 2.24) is 14.9 Å². The molecule has 5 rings (SSSR count). The number of benzene rings is 1. The van der Waals surface area contributed by atoms with Crippen LogP contribution in [0.5, 0.6) is 0 Å². The molecule has 3 aromatic rings. The fourth-order valence-corrected chi connectivity index (χ4v) is 3.75. The quantitative estimate of drug-likeness (QED) is 0.685. The van der Waals surface area contributed by atoms with Gasteiger partial charge < -0.3 is 19.0 Å². The molecular weight excluding hydrogens is 368 g/mol. The zero-order valence-corrected chi connectivity index (χ0v) is 16.1. The molecule has 2 aliphatic heterocycles. The lowest BCUT2D eigenvalue weighted by Gasteiger charge is -2.28. The van der Waals surface area contributed by atoms with E-state index in [1.165, 1.54) is 0 Å². The maximum absolute atomic E-state index is 13.0. The number of hydrogen-bond acceptors (Lipinski definition) is 6. The summed E-state index contributed by atoms with van der Waals surface area (Å²) in [6.45, 7) is 4.13. The lowest BCUT2D eigenvalue weighted by molar-refractivity contribution is 0.0727. The van der Waals surface area contributed by atoms with Gasteiger partial charge in [0.2, 0.25) is 5.89 Å². The smallest absolute Gasteiger partial charge is 0.255 e. The highest BCUT2D eigenvalue weighted by atomic mass is 16.5. The van der Waals surface area contributed by atoms with Gasteiger partial charge in [0.15, 0.2) is 0 Å². The summed E-state index contributed by atoms with van der Waals surface area (Å²) in [4.78, 5) is 26.1. The van der Waals surface area contributed by atoms with Crippen molar-refractivity contribution in [2.75, 3.05) is 37.7 Å². The second-order valence-corrected chi connectivity index (χ2v) is 7.24. The van der Waals surface area contributed by atoms with Gasteiger partial charge in [-0.3, -0.25) is 4.79 Å². The van der Waals surface area contributed by atoms with E-state index in [0.29, 0.717) is 44.2 Å². The van der Waals surface area contributed by atoms with Gasteiger partial charge in [0.1, 0.15) is 17.3 Å². The van der Waals surface area contributed by atoms with Gasteiger partial charge in [-0.1, -0.05) is 18.2 Å². The molecule has 29 heavy (non-hydrogen) atoms. The molecule has 1 saturated heterocycles. The van der Waals surface area contributed by atoms with Crippen molar-refractivity contribution in [3.05, 3.63) is 65.7 Å². The predicted molar refractivity (Wildman–Crippen MR) is 108 cm³/mol. The molecule has 148 valence electrons. The molecule has 7 heteroatoms. The SMILES string of the molecule is O=C(c1ccc(N2CCOCC2)nc1)N1CCc2oc(-c3ccccc3)nc2C1. The van der Waals surface area contributed by atoms with Crippen LogP contribution in [0.25, 0.3) is 11.5 Å². The van der Waals surface area contributed by atoms with Crippen LogP contribution in [0.2, 0.25) is 0 Å². The fourth-order valence-electron chi connectivity index (χ4n) is 3.75. The first-order chi connectivity index (χ1) is 14.3. The molecule has 1 amide bonds. The monoisotopic (exact) mass is 390 g/mol. The summed E-state index contributed by atoms with van der Waals surface area (Å²) in [6.07, 6.45) is 2.33. The first-order valence-corrected chi connectivity index (χ1v) is 9.90. The minimum Gasteiger partial charge on any atom is -0.441 e. The molecule has 0 spiro atoms. The van der Waals surface area contributed by atoms with E-state index in [1.54, 1.807) is 6.20 Å². The van der Waals surface area contributed by atoms with E-state index < -0.39 is 0 Å². The van der Waals surface area contributed by atoms with Crippen LogP contribution in [-0.2, 0) is 17.7 Å². The Morgan fingerprint density at radius 3 is 2.59 bits per heavy atom. The summed E-state index contributed by atoms with van der Waals surface area (Å²) >= 11 is 0. The molecule has 2 aliphatic rings. The molecule has 1 aromatic carbocycles. The lowest BCUT2D eigenvalue weighted by atomic mass is 10.1. The summed E-state index contributed by atoms with van der Waals surface area (Å²) in [5.74, 6) is 2.34. The van der Waals surface area contributed by atoms with Gasteiger partial charge in [-0.15, -0.1) is 0 Å². The van der Waals surface area contributed by atoms with Gasteiger partial charge >= 0.3 is 0 Å². The van der Waals surface area contributed by atoms with Crippen molar-refractivity contribution < 1.29 is 13.9 Å². The second kappa shape index (κ2) is 7.67. The number of amides is 1. The first kappa shape index (κ1) is 17.9. The summed E-state index contributed by atoms with van der Waals surface area (Å²) in [7, 11) is 0. The number of fused-ring (bicyclic) bond motifs is 1. The molecule has 0 saturated carbocycles. The highest BCUT2D eigenvalue weighted by Gasteiger charge is 2.27. The molecule has 0 aliphatic carbocycles. The van der Waals surface area contributed by atoms with E-state index in [0.717, 1.165) is 35.9 Å². The summed E-state index contributed by atoms with van der Waals surface area (Å²) in [5.41, 5.74) is 2.38. The van der Waals surface area contributed by atoms with Crippen molar-refractivity contribution in [2.45, 2.75) is 13.0 Å². The third-order valence-electron chi connectivity index (χ3n) is 5.37. The molecule has 2 aromatic heterocycles. The summed E-state index contributed by atoms with van der Waals surface area (Å²) in [6, 6.07) is 13.6. The van der Waals surface area contributed by atoms with Crippen molar-refractivity contribution in [1.29, 1.82) is 0 Å². The van der Waals surface area contributed by atoms with Gasteiger partial charge in [-0.05, 0) is 24.3 Å². The number of rotatable bonds is 3. The van der Waals surface area contributed by atoms with Gasteiger partial charge in [-0.25, -0.2) is 9.97 Å². The molecular formula is C22H22N4O3. The van der Waals surface area contributed by atoms with Crippen LogP contribution in [-0.4, -0.2) is 53.6 Å². The average molecular weight is 390 g/mol. The summed E-state index contributed by atoms with van der Waals surface area (Å²) < 4.78 is 11.3. The lowest BCUT2D eigenvalue weighted by Crippen LogP contribution is -2.37. The van der Waals surface area contributed by atoms with Crippen molar-refractivity contribution in [3.63, 3.8) is 0 Å². The Morgan fingerprint density at radius 1 is 1.00 bits per heavy atom. The third-order valence-corrected chi connectivity index (χ3v) is 5.37. The Kier molecular flexibility index (Phi) is 4.73. The first-order valence-electron chi connectivity index (χ1n) is 9.90. The minimum absolute atomic E-state index is 0.0269. The zero-order chi connectivity index (χ0) is 19.6. The number of ether oxygens (including phenoxy) is 1. The minimum atomic E-state index is -0.0269. The highest BCUT2D eigenvalue weighted by Crippen LogP contribution is 2.27. The number of carbonyl (C=O) groups excluding carboxylic acids is 1. The number of pyridine rings is 1. The fraction of sp³-hybridized carbons (Fsp3) is 0.318. The number of hydrogen-bond donors (Lipinski definition) is 0. The van der Waals surface area contributed by atoms with E-state index >= 15 is 0 Å². The largest absolute Gasteiger partial charge is 0.441 e. The number of carbonyl (C=O) groups is 1. The van der Waals surface area contributed by atoms with Crippen LogP contribution in [0.1, 0.15) is 21.8 Å². The van der Waals surface area contributed by atoms with Gasteiger partial charge in [-0.2, -0.15) is 0 Å². The maximum Gasteiger partial charge on any atom is 0.255 e. The van der Waals surface area contributed by atoms with E-state index in [2.05, 4.69) is 14.9 Å². The van der Waals surface area contributed by atoms with E-state index in [1.807, 2.05) is 47.4 Å². The van der Waals surface area contributed by atoms with E-state index in [4.69, 9.17) is 9.15 Å². The normalized spacial score (nSPS) is 16.6. The van der Waals surface area contributed by atoms with E-state index in [9.17, 15) is 4.79 Å². The number of nitrogens with zero attached hydrogens (tertiary/aromatic N) is 4. The second-order valence-electron chi connectivity index (χ2n) is 7.24. The Morgan fingerprint density at radius 2 is 1.83 bits per heavy atom. The van der Waals surface area contributed by atoms with E-state index in [-0.39, 0.29) is 5.91 Å². The molecule has 4 heterocycles. The van der Waals surface area contributed by atoms with Crippen LogP contribution in [0.4, 0.5) is 5.82 Å². The van der Waals surface area contributed by atoms with Crippen LogP contribution in [0.3, 0.4) is 0 Å². The molecule has 7 nitrogen and oxygen atoms in total. The zero-order valence-electron chi connectivity index (χ0n) is 16.1. The molecule has 0 radical (unpaired) electrons. The van der Waals surface area contributed by atoms with Gasteiger partial charge in [0, 0.05) is 37.8 Å². The Hall–Kier alpha value is -3.19. The number of anilines is 1. The predicted octanol–water partition coefficient (Wildman–Crippen LogP) is 2.77. The van der Waals surface area contributed by atoms with Crippen LogP contribution < -0.4 is 4.90 Å². The van der Waals surface area contributed by atoms with Crippen LogP contribution >= 0.6 is 0 Å². The Bertz CT molecular complexity index is 995. The maximum atomic E-state index is 13.0. The number of morpholine rings is 1. The Labute approximate surface area is 168 Å². The van der Waals surface area contributed by atoms with Gasteiger partial charge in [0.05, 0.1) is 25.3 Å². The topological polar surface area (TPSA) is 71.7 Å². The van der Waals surface area contributed by atoms with Crippen molar-refractivity contribution >= 4 is 11.7 Å². The average Bonchev–Trinajstić information content (AvgIpc) is 3.23.